The van der Waals surface area contributed by atoms with Crippen LogP contribution in [0, 0.1) is 0 Å². The summed E-state index contributed by atoms with van der Waals surface area (Å²) in [5.41, 5.74) is 1.16. The van der Waals surface area contributed by atoms with Crippen molar-refractivity contribution in [2.45, 2.75) is 6.54 Å². The summed E-state index contributed by atoms with van der Waals surface area (Å²) in [4.78, 5) is 33.5. The van der Waals surface area contributed by atoms with Crippen molar-refractivity contribution in [3.63, 3.8) is 0 Å². The number of amides is 3. The zero-order chi connectivity index (χ0) is 16.6. The predicted molar refractivity (Wildman–Crippen MR) is 87.4 cm³/mol. The lowest BCUT2D eigenvalue weighted by Crippen LogP contribution is -2.51. The van der Waals surface area contributed by atoms with Gasteiger partial charge in [0.1, 0.15) is 0 Å². The number of hydrogen-bond acceptors (Lipinski definition) is 5. The van der Waals surface area contributed by atoms with Crippen molar-refractivity contribution >= 4 is 40.9 Å². The largest absolute Gasteiger partial charge is 0.446 e. The normalized spacial score (nSPS) is 17.4. The first-order valence-electron chi connectivity index (χ1n) is 7.02. The molecule has 0 fully saturated rings. The van der Waals surface area contributed by atoms with Gasteiger partial charge < -0.3 is 5.32 Å². The Morgan fingerprint density at radius 2 is 1.96 bits per heavy atom. The van der Waals surface area contributed by atoms with Crippen LogP contribution in [-0.4, -0.2) is 59.4 Å². The number of nitrogens with zero attached hydrogens (tertiary/aromatic N) is 4. The Morgan fingerprint density at radius 1 is 1.22 bits per heavy atom. The van der Waals surface area contributed by atoms with Crippen LogP contribution in [0.1, 0.15) is 5.56 Å². The van der Waals surface area contributed by atoms with Crippen molar-refractivity contribution in [1.82, 2.24) is 10.2 Å². The van der Waals surface area contributed by atoms with Crippen LogP contribution >= 0.6 is 11.6 Å². The van der Waals surface area contributed by atoms with E-state index in [0.717, 1.165) is 10.5 Å². The molecule has 0 unspecified atom stereocenters. The van der Waals surface area contributed by atoms with Crippen LogP contribution < -0.4 is 5.32 Å². The quantitative estimate of drug-likeness (QED) is 0.833. The SMILES string of the molecule is CN1C(=O)C2=NC(CNCc3ccccc3Cl)=NC2=[N+](C)C1=O. The maximum atomic E-state index is 12.1. The predicted octanol–water partition coefficient (Wildman–Crippen LogP) is 0.915. The van der Waals surface area contributed by atoms with Gasteiger partial charge in [0.15, 0.2) is 0 Å². The van der Waals surface area contributed by atoms with Crippen LogP contribution in [0.3, 0.4) is 0 Å². The average Bonchev–Trinajstić information content (AvgIpc) is 2.97. The molecule has 2 heterocycles. The molecule has 0 saturated heterocycles. The summed E-state index contributed by atoms with van der Waals surface area (Å²) in [7, 11) is 2.99. The second-order valence-electron chi connectivity index (χ2n) is 5.21. The van der Waals surface area contributed by atoms with Crippen molar-refractivity contribution in [3.05, 3.63) is 34.9 Å². The summed E-state index contributed by atoms with van der Waals surface area (Å²) in [5, 5.41) is 3.87. The van der Waals surface area contributed by atoms with Crippen molar-refractivity contribution in [3.8, 4) is 0 Å². The number of hydrogen-bond donors (Lipinski definition) is 1. The Labute approximate surface area is 138 Å². The van der Waals surface area contributed by atoms with Crippen molar-refractivity contribution < 1.29 is 14.2 Å². The first-order chi connectivity index (χ1) is 11.0. The molecule has 1 aromatic carbocycles. The van der Waals surface area contributed by atoms with Crippen molar-refractivity contribution in [2.75, 3.05) is 20.6 Å². The molecular weight excluding hydrogens is 318 g/mol. The van der Waals surface area contributed by atoms with E-state index in [-0.39, 0.29) is 5.71 Å². The minimum absolute atomic E-state index is 0.198. The summed E-state index contributed by atoms with van der Waals surface area (Å²) in [6, 6.07) is 7.12. The minimum Gasteiger partial charge on any atom is -0.304 e. The Hall–Kier alpha value is -2.38. The first-order valence-corrected chi connectivity index (χ1v) is 7.40. The van der Waals surface area contributed by atoms with E-state index >= 15 is 0 Å². The first kappa shape index (κ1) is 15.5. The van der Waals surface area contributed by atoms with Gasteiger partial charge in [-0.05, 0) is 11.6 Å². The molecule has 0 aliphatic carbocycles. The van der Waals surface area contributed by atoms with E-state index in [2.05, 4.69) is 15.3 Å². The molecule has 23 heavy (non-hydrogen) atoms. The Morgan fingerprint density at radius 3 is 2.70 bits per heavy atom. The van der Waals surface area contributed by atoms with Crippen LogP contribution in [0.15, 0.2) is 34.3 Å². The Kier molecular flexibility index (Phi) is 4.06. The third-order valence-electron chi connectivity index (χ3n) is 3.64. The number of amidine groups is 2. The summed E-state index contributed by atoms with van der Waals surface area (Å²) in [5.74, 6) is 0.325. The van der Waals surface area contributed by atoms with E-state index in [1.165, 1.54) is 11.6 Å². The van der Waals surface area contributed by atoms with Crippen LogP contribution in [-0.2, 0) is 11.3 Å². The third-order valence-corrected chi connectivity index (χ3v) is 4.01. The van der Waals surface area contributed by atoms with E-state index in [1.807, 2.05) is 24.3 Å². The summed E-state index contributed by atoms with van der Waals surface area (Å²) in [6.45, 7) is 0.929. The van der Waals surface area contributed by atoms with E-state index < -0.39 is 11.9 Å². The molecule has 7 nitrogen and oxygen atoms in total. The molecule has 0 aromatic heterocycles. The zero-order valence-corrected chi connectivity index (χ0v) is 13.5. The van der Waals surface area contributed by atoms with Gasteiger partial charge in [-0.1, -0.05) is 34.8 Å². The zero-order valence-electron chi connectivity index (χ0n) is 12.7. The van der Waals surface area contributed by atoms with Crippen LogP contribution in [0.4, 0.5) is 4.79 Å². The monoisotopic (exact) mass is 332 g/mol. The van der Waals surface area contributed by atoms with Crippen LogP contribution in [0.25, 0.3) is 0 Å². The van der Waals surface area contributed by atoms with Gasteiger partial charge in [-0.3, -0.25) is 0 Å². The van der Waals surface area contributed by atoms with Crippen molar-refractivity contribution in [2.24, 2.45) is 9.98 Å². The Balaban J connectivity index is 1.72. The number of aliphatic imine (C=N–C) groups is 2. The molecule has 2 aliphatic heterocycles. The molecule has 8 heteroatoms. The van der Waals surface area contributed by atoms with Crippen molar-refractivity contribution in [1.29, 1.82) is 0 Å². The molecule has 118 valence electrons. The Bertz CT molecular complexity index is 797. The second-order valence-corrected chi connectivity index (χ2v) is 5.62. The molecule has 0 spiro atoms. The number of halogens is 1. The summed E-state index contributed by atoms with van der Waals surface area (Å²) in [6.07, 6.45) is 0. The van der Waals surface area contributed by atoms with Gasteiger partial charge in [-0.15, -0.1) is 0 Å². The third kappa shape index (κ3) is 2.80. The van der Waals surface area contributed by atoms with E-state index in [9.17, 15) is 9.59 Å². The fourth-order valence-corrected chi connectivity index (χ4v) is 2.55. The van der Waals surface area contributed by atoms with Gasteiger partial charge in [0.2, 0.25) is 11.5 Å². The van der Waals surface area contributed by atoms with Gasteiger partial charge in [0.05, 0.1) is 20.6 Å². The lowest BCUT2D eigenvalue weighted by Gasteiger charge is -2.15. The molecule has 0 bridgehead atoms. The average molecular weight is 333 g/mol. The summed E-state index contributed by atoms with van der Waals surface area (Å²) < 4.78 is 1.32. The van der Waals surface area contributed by atoms with Gasteiger partial charge in [-0.25, -0.2) is 14.6 Å². The van der Waals surface area contributed by atoms with Gasteiger partial charge in [-0.2, -0.15) is 9.48 Å². The lowest BCUT2D eigenvalue weighted by atomic mass is 10.2. The molecule has 0 radical (unpaired) electrons. The molecule has 2 aliphatic rings. The summed E-state index contributed by atoms with van der Waals surface area (Å²) >= 11 is 6.09. The van der Waals surface area contributed by atoms with Crippen LogP contribution in [0.2, 0.25) is 5.02 Å². The number of fused-ring (bicyclic) bond motifs is 1. The fraction of sp³-hybridized carbons (Fsp3) is 0.267. The van der Waals surface area contributed by atoms with Gasteiger partial charge >= 0.3 is 17.8 Å². The fourth-order valence-electron chi connectivity index (χ4n) is 2.35. The maximum Gasteiger partial charge on any atom is 0.446 e. The number of imide groups is 1. The van der Waals surface area contributed by atoms with Gasteiger partial charge in [0, 0.05) is 11.6 Å². The highest BCUT2D eigenvalue weighted by Crippen LogP contribution is 2.14. The number of carbonyl (C=O) groups excluding carboxylic acids is 2. The lowest BCUT2D eigenvalue weighted by molar-refractivity contribution is -0.401. The number of urea groups is 1. The molecule has 0 saturated carbocycles. The molecule has 3 rings (SSSR count). The number of rotatable bonds is 4. The van der Waals surface area contributed by atoms with Crippen LogP contribution in [0.5, 0.6) is 0 Å². The molecular formula is C15H15ClN5O2+. The number of nitrogens with one attached hydrogen (secondary N) is 1. The number of benzene rings is 1. The number of carbonyl (C=O) groups is 2. The van der Waals surface area contributed by atoms with E-state index in [1.54, 1.807) is 7.05 Å². The molecule has 1 aromatic rings. The smallest absolute Gasteiger partial charge is 0.304 e. The maximum absolute atomic E-state index is 12.1. The van der Waals surface area contributed by atoms with Gasteiger partial charge in [0.25, 0.3) is 0 Å². The highest BCUT2D eigenvalue weighted by molar-refractivity contribution is 6.70. The molecule has 0 atom stereocenters. The highest BCUT2D eigenvalue weighted by atomic mass is 35.5. The minimum atomic E-state index is -0.437. The molecule has 3 amide bonds. The second kappa shape index (κ2) is 6.02. The standard InChI is InChI=1S/C15H15ClN5O2/c1-20-13-12(14(22)21(2)15(20)23)18-11(19-13)8-17-7-9-5-3-4-6-10(9)16/h3-6,17H,7-8H2,1-2H3/q+1. The topological polar surface area (TPSA) is 77.1 Å². The molecule has 1 N–H and O–H groups in total. The van der Waals surface area contributed by atoms with E-state index in [0.29, 0.717) is 29.8 Å². The highest BCUT2D eigenvalue weighted by Gasteiger charge is 2.44. The van der Waals surface area contributed by atoms with E-state index in [4.69, 9.17) is 11.6 Å².